The van der Waals surface area contributed by atoms with Gasteiger partial charge in [0.25, 0.3) is 0 Å². The number of hydrogen-bond donors (Lipinski definition) is 1. The van der Waals surface area contributed by atoms with Crippen molar-refractivity contribution >= 4 is 17.7 Å². The van der Waals surface area contributed by atoms with Gasteiger partial charge < -0.3 is 4.90 Å². The number of H-pyrrole nitrogens is 1. The van der Waals surface area contributed by atoms with E-state index in [4.69, 9.17) is 0 Å². The van der Waals surface area contributed by atoms with Gasteiger partial charge in [0.05, 0.1) is 11.3 Å². The number of benzene rings is 2. The van der Waals surface area contributed by atoms with Crippen molar-refractivity contribution in [3.8, 4) is 11.4 Å². The number of rotatable bonds is 6. The largest absolute Gasteiger partial charge is 0.339 e. The minimum Gasteiger partial charge on any atom is -0.339 e. The van der Waals surface area contributed by atoms with Gasteiger partial charge in [-0.3, -0.25) is 14.8 Å². The number of halogens is 1. The molecule has 0 aliphatic carbocycles. The van der Waals surface area contributed by atoms with Crippen LogP contribution in [0.3, 0.4) is 0 Å². The second-order valence-electron chi connectivity index (χ2n) is 6.88. The highest BCUT2D eigenvalue weighted by Gasteiger charge is 2.21. The van der Waals surface area contributed by atoms with Crippen molar-refractivity contribution in [2.45, 2.75) is 11.7 Å². The zero-order valence-electron chi connectivity index (χ0n) is 15.9. The second kappa shape index (κ2) is 9.19. The van der Waals surface area contributed by atoms with E-state index in [1.54, 1.807) is 18.2 Å². The molecule has 0 unspecified atom stereocenters. The summed E-state index contributed by atoms with van der Waals surface area (Å²) >= 11 is 1.27. The molecule has 6 nitrogen and oxygen atoms in total. The van der Waals surface area contributed by atoms with Crippen LogP contribution in [0.1, 0.15) is 5.56 Å². The van der Waals surface area contributed by atoms with E-state index in [2.05, 4.69) is 32.2 Å². The third kappa shape index (κ3) is 5.02. The zero-order chi connectivity index (χ0) is 20.1. The Labute approximate surface area is 173 Å². The van der Waals surface area contributed by atoms with Crippen molar-refractivity contribution in [1.82, 2.24) is 25.0 Å². The van der Waals surface area contributed by atoms with Crippen molar-refractivity contribution in [1.29, 1.82) is 0 Å². The summed E-state index contributed by atoms with van der Waals surface area (Å²) in [4.78, 5) is 21.1. The Morgan fingerprint density at radius 3 is 2.52 bits per heavy atom. The van der Waals surface area contributed by atoms with E-state index in [1.807, 2.05) is 23.1 Å². The molecule has 1 aliphatic heterocycles. The Balaban J connectivity index is 1.25. The molecule has 1 fully saturated rings. The summed E-state index contributed by atoms with van der Waals surface area (Å²) in [5.41, 5.74) is 1.66. The highest BCUT2D eigenvalue weighted by atomic mass is 32.2. The fourth-order valence-electron chi connectivity index (χ4n) is 3.30. The smallest absolute Gasteiger partial charge is 0.233 e. The number of aromatic nitrogens is 3. The van der Waals surface area contributed by atoms with Crippen LogP contribution >= 0.6 is 11.8 Å². The predicted molar refractivity (Wildman–Crippen MR) is 111 cm³/mol. The van der Waals surface area contributed by atoms with Crippen LogP contribution < -0.4 is 0 Å². The molecule has 8 heteroatoms. The lowest BCUT2D eigenvalue weighted by Gasteiger charge is -2.34. The molecule has 0 saturated carbocycles. The molecule has 1 amide bonds. The summed E-state index contributed by atoms with van der Waals surface area (Å²) in [6.45, 7) is 4.09. The molecule has 0 radical (unpaired) electrons. The molecule has 29 heavy (non-hydrogen) atoms. The number of nitrogens with one attached hydrogen (secondary N) is 1. The number of hydrogen-bond acceptors (Lipinski definition) is 5. The minimum absolute atomic E-state index is 0.0756. The SMILES string of the molecule is O=C(CSc1n[nH]c(-c2ccccc2F)n1)N1CCN(Cc2ccccc2)CC1. The lowest BCUT2D eigenvalue weighted by molar-refractivity contribution is -0.130. The third-order valence-corrected chi connectivity index (χ3v) is 5.72. The van der Waals surface area contributed by atoms with Crippen LogP contribution in [0.2, 0.25) is 0 Å². The Morgan fingerprint density at radius 2 is 1.76 bits per heavy atom. The fourth-order valence-corrected chi connectivity index (χ4v) is 4.00. The number of aromatic amines is 1. The summed E-state index contributed by atoms with van der Waals surface area (Å²) < 4.78 is 13.9. The zero-order valence-corrected chi connectivity index (χ0v) is 16.7. The molecule has 1 aromatic heterocycles. The molecule has 0 spiro atoms. The molecular formula is C21H22FN5OS. The molecule has 1 aliphatic rings. The number of piperazine rings is 1. The van der Waals surface area contributed by atoms with Crippen LogP contribution in [0.4, 0.5) is 4.39 Å². The van der Waals surface area contributed by atoms with Crippen LogP contribution in [-0.4, -0.2) is 62.8 Å². The molecule has 150 valence electrons. The molecule has 2 heterocycles. The van der Waals surface area contributed by atoms with E-state index in [-0.39, 0.29) is 17.5 Å². The van der Waals surface area contributed by atoms with E-state index >= 15 is 0 Å². The number of carbonyl (C=O) groups excluding carboxylic acids is 1. The van der Waals surface area contributed by atoms with Crippen LogP contribution in [-0.2, 0) is 11.3 Å². The van der Waals surface area contributed by atoms with Crippen molar-refractivity contribution < 1.29 is 9.18 Å². The highest BCUT2D eigenvalue weighted by Crippen LogP contribution is 2.22. The summed E-state index contributed by atoms with van der Waals surface area (Å²) in [7, 11) is 0. The van der Waals surface area contributed by atoms with Gasteiger partial charge in [0.2, 0.25) is 11.1 Å². The maximum Gasteiger partial charge on any atom is 0.233 e. The fraction of sp³-hybridized carbons (Fsp3) is 0.286. The van der Waals surface area contributed by atoms with Crippen LogP contribution in [0, 0.1) is 5.82 Å². The predicted octanol–water partition coefficient (Wildman–Crippen LogP) is 3.05. The van der Waals surface area contributed by atoms with Crippen LogP contribution in [0.5, 0.6) is 0 Å². The molecule has 2 aromatic carbocycles. The number of carbonyl (C=O) groups is 1. The van der Waals surface area contributed by atoms with Gasteiger partial charge in [-0.25, -0.2) is 9.37 Å². The van der Waals surface area contributed by atoms with Gasteiger partial charge in [-0.2, -0.15) is 0 Å². The van der Waals surface area contributed by atoms with E-state index in [1.165, 1.54) is 23.4 Å². The Morgan fingerprint density at radius 1 is 1.03 bits per heavy atom. The van der Waals surface area contributed by atoms with Crippen molar-refractivity contribution in [2.24, 2.45) is 0 Å². The maximum absolute atomic E-state index is 13.9. The van der Waals surface area contributed by atoms with Gasteiger partial charge >= 0.3 is 0 Å². The molecule has 0 atom stereocenters. The average Bonchev–Trinajstić information content (AvgIpc) is 3.22. The Hall–Kier alpha value is -2.71. The second-order valence-corrected chi connectivity index (χ2v) is 7.82. The average molecular weight is 412 g/mol. The highest BCUT2D eigenvalue weighted by molar-refractivity contribution is 7.99. The standard InChI is InChI=1S/C21H22FN5OS/c22-18-9-5-4-8-17(18)20-23-21(25-24-20)29-15-19(28)27-12-10-26(11-13-27)14-16-6-2-1-3-7-16/h1-9H,10-15H2,(H,23,24,25). The van der Waals surface area contributed by atoms with Crippen LogP contribution in [0.15, 0.2) is 59.8 Å². The molecular weight excluding hydrogens is 389 g/mol. The molecule has 4 rings (SSSR count). The topological polar surface area (TPSA) is 65.1 Å². The first-order chi connectivity index (χ1) is 14.2. The van der Waals surface area contributed by atoms with E-state index in [0.29, 0.717) is 16.5 Å². The molecule has 1 saturated heterocycles. The monoisotopic (exact) mass is 411 g/mol. The lowest BCUT2D eigenvalue weighted by Crippen LogP contribution is -2.48. The van der Waals surface area contributed by atoms with Gasteiger partial charge in [0.1, 0.15) is 5.82 Å². The van der Waals surface area contributed by atoms with E-state index < -0.39 is 0 Å². The number of thioether (sulfide) groups is 1. The van der Waals surface area contributed by atoms with Gasteiger partial charge in [0, 0.05) is 32.7 Å². The summed E-state index contributed by atoms with van der Waals surface area (Å²) in [6.07, 6.45) is 0. The number of amides is 1. The van der Waals surface area contributed by atoms with E-state index in [9.17, 15) is 9.18 Å². The quantitative estimate of drug-likeness (QED) is 0.632. The lowest BCUT2D eigenvalue weighted by atomic mass is 10.2. The van der Waals surface area contributed by atoms with E-state index in [0.717, 1.165) is 32.7 Å². The summed E-state index contributed by atoms with van der Waals surface area (Å²) in [5, 5.41) is 7.28. The first-order valence-corrected chi connectivity index (χ1v) is 10.5. The van der Waals surface area contributed by atoms with Gasteiger partial charge in [0.15, 0.2) is 5.82 Å². The Bertz CT molecular complexity index is 956. The molecule has 3 aromatic rings. The maximum atomic E-state index is 13.9. The van der Waals surface area contributed by atoms with Crippen molar-refractivity contribution in [3.05, 3.63) is 66.0 Å². The number of nitrogens with zero attached hydrogens (tertiary/aromatic N) is 4. The van der Waals surface area contributed by atoms with Crippen molar-refractivity contribution in [3.63, 3.8) is 0 Å². The minimum atomic E-state index is -0.357. The van der Waals surface area contributed by atoms with Crippen molar-refractivity contribution in [2.75, 3.05) is 31.9 Å². The normalized spacial score (nSPS) is 14.9. The Kier molecular flexibility index (Phi) is 6.21. The first-order valence-electron chi connectivity index (χ1n) is 9.53. The summed E-state index contributed by atoms with van der Waals surface area (Å²) in [6, 6.07) is 16.8. The summed E-state index contributed by atoms with van der Waals surface area (Å²) in [5.74, 6) is 0.358. The molecule has 1 N–H and O–H groups in total. The van der Waals surface area contributed by atoms with Gasteiger partial charge in [-0.15, -0.1) is 5.10 Å². The third-order valence-electron chi connectivity index (χ3n) is 4.89. The van der Waals surface area contributed by atoms with Gasteiger partial charge in [-0.1, -0.05) is 54.2 Å². The van der Waals surface area contributed by atoms with Gasteiger partial charge in [-0.05, 0) is 17.7 Å². The first kappa shape index (κ1) is 19.6. The molecule has 0 bridgehead atoms. The van der Waals surface area contributed by atoms with Crippen LogP contribution in [0.25, 0.3) is 11.4 Å².